The summed E-state index contributed by atoms with van der Waals surface area (Å²) in [5.41, 5.74) is 7.94. The van der Waals surface area contributed by atoms with Crippen LogP contribution in [0.15, 0.2) is 23.0 Å². The first-order valence-corrected chi connectivity index (χ1v) is 7.77. The van der Waals surface area contributed by atoms with Crippen LogP contribution in [-0.2, 0) is 23.1 Å². The van der Waals surface area contributed by atoms with Gasteiger partial charge in [-0.25, -0.2) is 4.79 Å². The second-order valence-electron chi connectivity index (χ2n) is 5.86. The van der Waals surface area contributed by atoms with Gasteiger partial charge in [-0.3, -0.25) is 24.0 Å². The number of fused-ring (bicyclic) bond motifs is 1. The lowest BCUT2D eigenvalue weighted by Gasteiger charge is -2.21. The predicted octanol–water partition coefficient (Wildman–Crippen LogP) is 0.209. The van der Waals surface area contributed by atoms with Crippen molar-refractivity contribution in [1.29, 1.82) is 0 Å². The Bertz CT molecular complexity index is 834. The molecular formula is C16H20N4O3. The Balaban J connectivity index is 2.15. The molecule has 1 unspecified atom stereocenters. The molecule has 0 spiro atoms. The molecule has 1 aliphatic rings. The molecule has 0 aliphatic carbocycles. The summed E-state index contributed by atoms with van der Waals surface area (Å²) >= 11 is 0. The predicted molar refractivity (Wildman–Crippen MR) is 86.0 cm³/mol. The molecule has 7 nitrogen and oxygen atoms in total. The molecule has 2 aromatic rings. The number of hydrogen-bond donors (Lipinski definition) is 2. The maximum atomic E-state index is 12.7. The molecule has 1 aliphatic heterocycles. The summed E-state index contributed by atoms with van der Waals surface area (Å²) in [5, 5.41) is 2.31. The number of carbonyl (C=O) groups is 2. The number of carbonyl (C=O) groups excluding carboxylic acids is 2. The molecule has 23 heavy (non-hydrogen) atoms. The van der Waals surface area contributed by atoms with Crippen molar-refractivity contribution >= 4 is 22.8 Å². The van der Waals surface area contributed by atoms with E-state index in [0.717, 1.165) is 29.4 Å². The number of imidazole rings is 1. The third-order valence-electron chi connectivity index (χ3n) is 4.36. The van der Waals surface area contributed by atoms with E-state index in [2.05, 4.69) is 5.32 Å². The number of piperidine rings is 1. The number of nitrogens with one attached hydrogen (secondary N) is 1. The van der Waals surface area contributed by atoms with Crippen LogP contribution in [0.25, 0.3) is 11.0 Å². The molecule has 0 saturated carbocycles. The van der Waals surface area contributed by atoms with E-state index in [-0.39, 0.29) is 18.0 Å². The topological polar surface area (TPSA) is 99.1 Å². The molecule has 2 heterocycles. The van der Waals surface area contributed by atoms with Gasteiger partial charge in [0, 0.05) is 13.5 Å². The zero-order chi connectivity index (χ0) is 16.6. The number of imide groups is 1. The van der Waals surface area contributed by atoms with Crippen LogP contribution in [0.4, 0.5) is 0 Å². The van der Waals surface area contributed by atoms with Crippen LogP contribution in [0.1, 0.15) is 30.9 Å². The fourth-order valence-corrected chi connectivity index (χ4v) is 3.24. The van der Waals surface area contributed by atoms with Gasteiger partial charge >= 0.3 is 5.69 Å². The lowest BCUT2D eigenvalue weighted by molar-refractivity contribution is -0.135. The largest absolute Gasteiger partial charge is 0.330 e. The first kappa shape index (κ1) is 15.5. The summed E-state index contributed by atoms with van der Waals surface area (Å²) < 4.78 is 3.08. The van der Waals surface area contributed by atoms with Gasteiger partial charge in [0.05, 0.1) is 11.0 Å². The average Bonchev–Trinajstić information content (AvgIpc) is 2.78. The fourth-order valence-electron chi connectivity index (χ4n) is 3.24. The molecule has 1 saturated heterocycles. The van der Waals surface area contributed by atoms with Crippen LogP contribution in [0, 0.1) is 0 Å². The van der Waals surface area contributed by atoms with Gasteiger partial charge in [0.2, 0.25) is 11.8 Å². The van der Waals surface area contributed by atoms with Crippen LogP contribution in [0.5, 0.6) is 0 Å². The molecule has 0 radical (unpaired) electrons. The van der Waals surface area contributed by atoms with Gasteiger partial charge < -0.3 is 5.73 Å². The molecule has 1 aromatic heterocycles. The number of aromatic nitrogens is 2. The number of amides is 2. The third-order valence-corrected chi connectivity index (χ3v) is 4.36. The van der Waals surface area contributed by atoms with Crippen LogP contribution in [0.3, 0.4) is 0 Å². The van der Waals surface area contributed by atoms with Crippen LogP contribution >= 0.6 is 0 Å². The van der Waals surface area contributed by atoms with E-state index in [4.69, 9.17) is 5.73 Å². The highest BCUT2D eigenvalue weighted by molar-refractivity contribution is 6.00. The molecule has 1 aromatic carbocycles. The fraction of sp³-hybridized carbons (Fsp3) is 0.438. The van der Waals surface area contributed by atoms with Gasteiger partial charge in [0.15, 0.2) is 0 Å². The second-order valence-corrected chi connectivity index (χ2v) is 5.86. The van der Waals surface area contributed by atoms with Gasteiger partial charge in [0.1, 0.15) is 6.04 Å². The molecule has 3 N–H and O–H groups in total. The molecule has 3 rings (SSSR count). The van der Waals surface area contributed by atoms with Crippen LogP contribution < -0.4 is 16.7 Å². The Morgan fingerprint density at radius 2 is 2.09 bits per heavy atom. The smallest absolute Gasteiger partial charge is 0.329 e. The number of nitrogens with two attached hydrogens (primary N) is 1. The third kappa shape index (κ3) is 2.57. The van der Waals surface area contributed by atoms with Crippen molar-refractivity contribution in [2.24, 2.45) is 12.8 Å². The van der Waals surface area contributed by atoms with Crippen molar-refractivity contribution in [3.05, 3.63) is 34.2 Å². The van der Waals surface area contributed by atoms with Gasteiger partial charge in [-0.2, -0.15) is 0 Å². The zero-order valence-electron chi connectivity index (χ0n) is 13.0. The minimum absolute atomic E-state index is 0.241. The van der Waals surface area contributed by atoms with E-state index in [1.807, 2.05) is 18.2 Å². The van der Waals surface area contributed by atoms with Crippen molar-refractivity contribution in [2.75, 3.05) is 6.54 Å². The number of benzene rings is 1. The SMILES string of the molecule is Cn1c(=O)n(C2CCC(=O)NC2=O)c2cccc(CCCN)c21. The maximum Gasteiger partial charge on any atom is 0.329 e. The van der Waals surface area contributed by atoms with Crippen molar-refractivity contribution in [2.45, 2.75) is 31.7 Å². The Labute approximate surface area is 133 Å². The van der Waals surface area contributed by atoms with E-state index in [9.17, 15) is 14.4 Å². The lowest BCUT2D eigenvalue weighted by atomic mass is 10.0. The molecule has 1 fully saturated rings. The van der Waals surface area contributed by atoms with E-state index < -0.39 is 11.9 Å². The van der Waals surface area contributed by atoms with Crippen LogP contribution in [0.2, 0.25) is 0 Å². The summed E-state index contributed by atoms with van der Waals surface area (Å²) in [7, 11) is 1.71. The number of hydrogen-bond acceptors (Lipinski definition) is 4. The van der Waals surface area contributed by atoms with Gasteiger partial charge in [0.25, 0.3) is 0 Å². The van der Waals surface area contributed by atoms with Crippen LogP contribution in [-0.4, -0.2) is 27.5 Å². The van der Waals surface area contributed by atoms with Crippen molar-refractivity contribution in [3.8, 4) is 0 Å². The zero-order valence-corrected chi connectivity index (χ0v) is 13.0. The first-order valence-electron chi connectivity index (χ1n) is 7.77. The Morgan fingerprint density at radius 3 is 2.78 bits per heavy atom. The Kier molecular flexibility index (Phi) is 4.04. The highest BCUT2D eigenvalue weighted by Crippen LogP contribution is 2.25. The molecule has 1 atom stereocenters. The number of nitrogens with zero attached hydrogens (tertiary/aromatic N) is 2. The minimum atomic E-state index is -0.645. The Morgan fingerprint density at radius 1 is 1.30 bits per heavy atom. The standard InChI is InChI=1S/C16H20N4O3/c1-19-14-10(5-3-9-17)4-2-6-11(14)20(16(19)23)12-7-8-13(21)18-15(12)22/h2,4,6,12H,3,5,7-9,17H2,1H3,(H,18,21,22). The summed E-state index contributed by atoms with van der Waals surface area (Å²) in [4.78, 5) is 36.2. The van der Waals surface area contributed by atoms with Crippen molar-refractivity contribution in [1.82, 2.24) is 14.5 Å². The van der Waals surface area contributed by atoms with E-state index in [1.165, 1.54) is 4.57 Å². The maximum absolute atomic E-state index is 12.7. The molecule has 2 amide bonds. The summed E-state index contributed by atoms with van der Waals surface area (Å²) in [6, 6.07) is 5.06. The molecule has 0 bridgehead atoms. The first-order chi connectivity index (χ1) is 11.0. The molecular weight excluding hydrogens is 296 g/mol. The highest BCUT2D eigenvalue weighted by Gasteiger charge is 2.31. The normalized spacial score (nSPS) is 18.4. The minimum Gasteiger partial charge on any atom is -0.330 e. The van der Waals surface area contributed by atoms with Crippen molar-refractivity contribution < 1.29 is 9.59 Å². The molecule has 122 valence electrons. The van der Waals surface area contributed by atoms with Gasteiger partial charge in [-0.05, 0) is 37.4 Å². The van der Waals surface area contributed by atoms with E-state index in [1.54, 1.807) is 11.6 Å². The highest BCUT2D eigenvalue weighted by atomic mass is 16.2. The number of rotatable bonds is 4. The van der Waals surface area contributed by atoms with Crippen molar-refractivity contribution in [3.63, 3.8) is 0 Å². The summed E-state index contributed by atoms with van der Waals surface area (Å²) in [6.07, 6.45) is 2.19. The monoisotopic (exact) mass is 316 g/mol. The van der Waals surface area contributed by atoms with Gasteiger partial charge in [-0.1, -0.05) is 12.1 Å². The quantitative estimate of drug-likeness (QED) is 0.788. The number of para-hydroxylation sites is 1. The molecule has 7 heteroatoms. The Hall–Kier alpha value is -2.41. The van der Waals surface area contributed by atoms with E-state index >= 15 is 0 Å². The average molecular weight is 316 g/mol. The van der Waals surface area contributed by atoms with Gasteiger partial charge in [-0.15, -0.1) is 0 Å². The number of aryl methyl sites for hydroxylation is 2. The second kappa shape index (κ2) is 6.00. The summed E-state index contributed by atoms with van der Waals surface area (Å²) in [5.74, 6) is -0.702. The summed E-state index contributed by atoms with van der Waals surface area (Å²) in [6.45, 7) is 0.582. The lowest BCUT2D eigenvalue weighted by Crippen LogP contribution is -2.44. The van der Waals surface area contributed by atoms with E-state index in [0.29, 0.717) is 13.0 Å².